The van der Waals surface area contributed by atoms with Crippen LogP contribution in [0.25, 0.3) is 11.0 Å². The van der Waals surface area contributed by atoms with Gasteiger partial charge in [0.05, 0.1) is 11.0 Å². The highest BCUT2D eigenvalue weighted by Gasteiger charge is 2.40. The van der Waals surface area contributed by atoms with E-state index in [0.29, 0.717) is 5.88 Å². The van der Waals surface area contributed by atoms with E-state index in [1.54, 1.807) is 0 Å². The van der Waals surface area contributed by atoms with Crippen LogP contribution in [0.2, 0.25) is 0 Å². The van der Waals surface area contributed by atoms with Crippen LogP contribution in [0, 0.1) is 12.8 Å². The molecule has 0 bridgehead atoms. The molecule has 0 atom stereocenters. The Balaban J connectivity index is 2.21. The molecule has 2 nitrogen and oxygen atoms in total. The molecule has 1 fully saturated rings. The van der Waals surface area contributed by atoms with Crippen LogP contribution in [-0.4, -0.2) is 15.4 Å². The van der Waals surface area contributed by atoms with E-state index >= 15 is 0 Å². The molecular weight excluding hydrogens is 256 g/mol. The molecule has 19 heavy (non-hydrogen) atoms. The predicted octanol–water partition coefficient (Wildman–Crippen LogP) is 4.27. The van der Waals surface area contributed by atoms with Crippen LogP contribution in [0.5, 0.6) is 0 Å². The third kappa shape index (κ3) is 2.16. The standard InChI is InChI=1S/C16H21ClN2/c1-11-4-7-14-13(10-11)18-15(8-9-17)19(14)16(2,3)12-5-6-12/h4,7,10,12H,5-6,8-9H2,1-3H3. The number of aryl methyl sites for hydroxylation is 2. The second-order valence-electron chi connectivity index (χ2n) is 6.22. The first-order valence-corrected chi connectivity index (χ1v) is 7.62. The van der Waals surface area contributed by atoms with Gasteiger partial charge in [-0.05, 0) is 57.2 Å². The Hall–Kier alpha value is -1.02. The van der Waals surface area contributed by atoms with Crippen molar-refractivity contribution >= 4 is 22.6 Å². The summed E-state index contributed by atoms with van der Waals surface area (Å²) in [7, 11) is 0. The van der Waals surface area contributed by atoms with Gasteiger partial charge < -0.3 is 4.57 Å². The molecule has 3 rings (SSSR count). The van der Waals surface area contributed by atoms with Crippen molar-refractivity contribution in [1.82, 2.24) is 9.55 Å². The van der Waals surface area contributed by atoms with Crippen LogP contribution in [-0.2, 0) is 12.0 Å². The largest absolute Gasteiger partial charge is 0.322 e. The number of nitrogens with zero attached hydrogens (tertiary/aromatic N) is 2. The molecule has 1 aromatic heterocycles. The molecule has 1 aromatic carbocycles. The Morgan fingerprint density at radius 2 is 2.11 bits per heavy atom. The van der Waals surface area contributed by atoms with Gasteiger partial charge in [0.2, 0.25) is 0 Å². The second kappa shape index (κ2) is 4.52. The number of halogens is 1. The zero-order valence-corrected chi connectivity index (χ0v) is 12.7. The van der Waals surface area contributed by atoms with E-state index in [1.807, 2.05) is 0 Å². The number of hydrogen-bond acceptors (Lipinski definition) is 1. The van der Waals surface area contributed by atoms with Gasteiger partial charge in [0.1, 0.15) is 5.82 Å². The van der Waals surface area contributed by atoms with E-state index in [9.17, 15) is 0 Å². The molecule has 1 aliphatic rings. The lowest BCUT2D eigenvalue weighted by molar-refractivity contribution is 0.305. The summed E-state index contributed by atoms with van der Waals surface area (Å²) in [6.07, 6.45) is 3.50. The molecule has 3 heteroatoms. The Kier molecular flexibility index (Phi) is 3.09. The zero-order chi connectivity index (χ0) is 13.6. The fraction of sp³-hybridized carbons (Fsp3) is 0.562. The Morgan fingerprint density at radius 1 is 1.37 bits per heavy atom. The van der Waals surface area contributed by atoms with E-state index < -0.39 is 0 Å². The van der Waals surface area contributed by atoms with Crippen molar-refractivity contribution in [1.29, 1.82) is 0 Å². The Morgan fingerprint density at radius 3 is 2.74 bits per heavy atom. The minimum Gasteiger partial charge on any atom is -0.322 e. The fourth-order valence-electron chi connectivity index (χ4n) is 3.11. The highest BCUT2D eigenvalue weighted by molar-refractivity contribution is 6.17. The maximum Gasteiger partial charge on any atom is 0.111 e. The van der Waals surface area contributed by atoms with E-state index in [1.165, 1.54) is 23.9 Å². The third-order valence-electron chi connectivity index (χ3n) is 4.35. The molecular formula is C16H21ClN2. The van der Waals surface area contributed by atoms with Crippen molar-refractivity contribution in [3.8, 4) is 0 Å². The number of fused-ring (bicyclic) bond motifs is 1. The average Bonchev–Trinajstić information content (AvgIpc) is 3.12. The summed E-state index contributed by atoms with van der Waals surface area (Å²) >= 11 is 5.96. The lowest BCUT2D eigenvalue weighted by atomic mass is 9.97. The van der Waals surface area contributed by atoms with Gasteiger partial charge in [-0.15, -0.1) is 11.6 Å². The molecule has 0 N–H and O–H groups in total. The van der Waals surface area contributed by atoms with E-state index in [2.05, 4.69) is 43.5 Å². The smallest absolute Gasteiger partial charge is 0.111 e. The molecule has 0 amide bonds. The lowest BCUT2D eigenvalue weighted by Gasteiger charge is -2.29. The van der Waals surface area contributed by atoms with Crippen LogP contribution >= 0.6 is 11.6 Å². The molecule has 1 heterocycles. The van der Waals surface area contributed by atoms with Crippen molar-refractivity contribution in [3.05, 3.63) is 29.6 Å². The molecule has 0 spiro atoms. The first kappa shape index (κ1) is 13.0. The van der Waals surface area contributed by atoms with Crippen LogP contribution < -0.4 is 0 Å². The van der Waals surface area contributed by atoms with Gasteiger partial charge >= 0.3 is 0 Å². The normalized spacial score (nSPS) is 16.2. The topological polar surface area (TPSA) is 17.8 Å². The summed E-state index contributed by atoms with van der Waals surface area (Å²) in [5.74, 6) is 2.54. The minimum atomic E-state index is 0.144. The van der Waals surface area contributed by atoms with Crippen LogP contribution in [0.1, 0.15) is 38.1 Å². The Bertz CT molecular complexity index is 608. The molecule has 0 saturated heterocycles. The number of imidazole rings is 1. The number of benzene rings is 1. The number of hydrogen-bond donors (Lipinski definition) is 0. The minimum absolute atomic E-state index is 0.144. The van der Waals surface area contributed by atoms with Crippen molar-refractivity contribution in [2.24, 2.45) is 5.92 Å². The third-order valence-corrected chi connectivity index (χ3v) is 4.54. The highest BCUT2D eigenvalue weighted by Crippen LogP contribution is 2.45. The summed E-state index contributed by atoms with van der Waals surface area (Å²) in [6, 6.07) is 6.56. The van der Waals surface area contributed by atoms with Gasteiger partial charge in [0.15, 0.2) is 0 Å². The number of alkyl halides is 1. The number of aromatic nitrogens is 2. The van der Waals surface area contributed by atoms with Crippen molar-refractivity contribution in [2.75, 3.05) is 5.88 Å². The SMILES string of the molecule is Cc1ccc2c(c1)nc(CCCl)n2C(C)(C)C1CC1. The summed E-state index contributed by atoms with van der Waals surface area (Å²) in [6.45, 7) is 6.79. The van der Waals surface area contributed by atoms with Crippen molar-refractivity contribution in [2.45, 2.75) is 45.6 Å². The quantitative estimate of drug-likeness (QED) is 0.763. The van der Waals surface area contributed by atoms with Crippen LogP contribution in [0.3, 0.4) is 0 Å². The molecule has 0 unspecified atom stereocenters. The summed E-state index contributed by atoms with van der Waals surface area (Å²) in [5, 5.41) is 0. The summed E-state index contributed by atoms with van der Waals surface area (Å²) in [5.41, 5.74) is 3.76. The molecule has 0 aliphatic heterocycles. The highest BCUT2D eigenvalue weighted by atomic mass is 35.5. The Labute approximate surface area is 119 Å². The molecule has 1 aliphatic carbocycles. The van der Waals surface area contributed by atoms with Crippen LogP contribution in [0.15, 0.2) is 18.2 Å². The fourth-order valence-corrected chi connectivity index (χ4v) is 3.28. The van der Waals surface area contributed by atoms with Gasteiger partial charge in [-0.25, -0.2) is 4.98 Å². The molecule has 0 radical (unpaired) electrons. The van der Waals surface area contributed by atoms with Gasteiger partial charge in [0, 0.05) is 17.8 Å². The summed E-state index contributed by atoms with van der Waals surface area (Å²) in [4.78, 5) is 4.82. The molecule has 102 valence electrons. The maximum absolute atomic E-state index is 5.96. The predicted molar refractivity (Wildman–Crippen MR) is 80.9 cm³/mol. The lowest BCUT2D eigenvalue weighted by Crippen LogP contribution is -2.30. The van der Waals surface area contributed by atoms with E-state index in [0.717, 1.165) is 23.7 Å². The molecule has 2 aromatic rings. The second-order valence-corrected chi connectivity index (χ2v) is 6.60. The molecule has 1 saturated carbocycles. The van der Waals surface area contributed by atoms with Gasteiger partial charge in [-0.1, -0.05) is 6.07 Å². The maximum atomic E-state index is 5.96. The van der Waals surface area contributed by atoms with Crippen molar-refractivity contribution < 1.29 is 0 Å². The van der Waals surface area contributed by atoms with Crippen LogP contribution in [0.4, 0.5) is 0 Å². The summed E-state index contributed by atoms with van der Waals surface area (Å²) < 4.78 is 2.43. The van der Waals surface area contributed by atoms with E-state index in [4.69, 9.17) is 16.6 Å². The van der Waals surface area contributed by atoms with E-state index in [-0.39, 0.29) is 5.54 Å². The number of rotatable bonds is 4. The van der Waals surface area contributed by atoms with Gasteiger partial charge in [-0.2, -0.15) is 0 Å². The average molecular weight is 277 g/mol. The van der Waals surface area contributed by atoms with Gasteiger partial charge in [-0.3, -0.25) is 0 Å². The van der Waals surface area contributed by atoms with Gasteiger partial charge in [0.25, 0.3) is 0 Å². The van der Waals surface area contributed by atoms with Crippen molar-refractivity contribution in [3.63, 3.8) is 0 Å². The first-order chi connectivity index (χ1) is 9.04. The monoisotopic (exact) mass is 276 g/mol. The first-order valence-electron chi connectivity index (χ1n) is 7.08. The zero-order valence-electron chi connectivity index (χ0n) is 11.9.